The summed E-state index contributed by atoms with van der Waals surface area (Å²) in [5.41, 5.74) is 0.535. The Morgan fingerprint density at radius 3 is 2.66 bits per heavy atom. The van der Waals surface area contributed by atoms with Crippen molar-refractivity contribution in [1.29, 1.82) is 0 Å². The lowest BCUT2D eigenvalue weighted by molar-refractivity contribution is -0.113. The second kappa shape index (κ2) is 8.28. The van der Waals surface area contributed by atoms with Gasteiger partial charge in [0.1, 0.15) is 5.82 Å². The molecule has 0 aliphatic heterocycles. The van der Waals surface area contributed by atoms with Gasteiger partial charge >= 0.3 is 0 Å². The Morgan fingerprint density at radius 1 is 1.03 bits per heavy atom. The molecule has 0 bridgehead atoms. The molecule has 4 rings (SSSR count). The molecule has 4 aromatic rings. The van der Waals surface area contributed by atoms with E-state index in [0.717, 1.165) is 28.2 Å². The van der Waals surface area contributed by atoms with Crippen LogP contribution >= 0.6 is 11.8 Å². The lowest BCUT2D eigenvalue weighted by atomic mass is 10.1. The van der Waals surface area contributed by atoms with E-state index in [1.165, 1.54) is 22.9 Å². The molecule has 3 aromatic carbocycles. The summed E-state index contributed by atoms with van der Waals surface area (Å²) in [7, 11) is 0. The third-order valence-corrected chi connectivity index (χ3v) is 5.28. The first-order valence-electron chi connectivity index (χ1n) is 8.86. The minimum atomic E-state index is -0.512. The van der Waals surface area contributed by atoms with E-state index in [4.69, 9.17) is 0 Å². The van der Waals surface area contributed by atoms with E-state index >= 15 is 0 Å². The average Bonchev–Trinajstić information content (AvgIpc) is 2.74. The number of nitrogens with one attached hydrogen (secondary N) is 1. The minimum absolute atomic E-state index is 0.0594. The van der Waals surface area contributed by atoms with Crippen LogP contribution in [0.15, 0.2) is 88.9 Å². The third kappa shape index (κ3) is 4.05. The van der Waals surface area contributed by atoms with Gasteiger partial charge in [-0.25, -0.2) is 9.37 Å². The average molecular weight is 405 g/mol. The van der Waals surface area contributed by atoms with E-state index in [2.05, 4.69) is 10.3 Å². The first-order valence-corrected chi connectivity index (χ1v) is 9.85. The van der Waals surface area contributed by atoms with Gasteiger partial charge in [0, 0.05) is 17.8 Å². The number of hydrogen-bond donors (Lipinski definition) is 1. The van der Waals surface area contributed by atoms with Crippen LogP contribution in [-0.2, 0) is 4.79 Å². The van der Waals surface area contributed by atoms with Crippen LogP contribution in [0.4, 0.5) is 10.1 Å². The molecule has 0 saturated carbocycles. The SMILES string of the molecule is O=C(CSc1nccn(-c2cccc3ccccc23)c1=O)Nc1ccccc1F. The van der Waals surface area contributed by atoms with Gasteiger partial charge in [-0.1, -0.05) is 60.3 Å². The van der Waals surface area contributed by atoms with Crippen molar-refractivity contribution in [3.8, 4) is 5.69 Å². The Kier molecular flexibility index (Phi) is 5.39. The van der Waals surface area contributed by atoms with Gasteiger partial charge in [0.05, 0.1) is 17.1 Å². The largest absolute Gasteiger partial charge is 0.323 e. The monoisotopic (exact) mass is 405 g/mol. The van der Waals surface area contributed by atoms with E-state index in [1.54, 1.807) is 18.3 Å². The number of rotatable bonds is 5. The van der Waals surface area contributed by atoms with Gasteiger partial charge in [-0.15, -0.1) is 0 Å². The van der Waals surface area contributed by atoms with Crippen molar-refractivity contribution in [2.75, 3.05) is 11.1 Å². The number of halogens is 1. The highest BCUT2D eigenvalue weighted by Crippen LogP contribution is 2.22. The summed E-state index contributed by atoms with van der Waals surface area (Å²) in [5, 5.41) is 4.66. The van der Waals surface area contributed by atoms with Gasteiger partial charge in [0.15, 0.2) is 5.03 Å². The molecule has 0 fully saturated rings. The van der Waals surface area contributed by atoms with Gasteiger partial charge in [-0.2, -0.15) is 0 Å². The van der Waals surface area contributed by atoms with Crippen molar-refractivity contribution in [1.82, 2.24) is 9.55 Å². The fourth-order valence-electron chi connectivity index (χ4n) is 2.98. The van der Waals surface area contributed by atoms with Crippen LogP contribution in [-0.4, -0.2) is 21.2 Å². The highest BCUT2D eigenvalue weighted by Gasteiger charge is 2.12. The number of anilines is 1. The van der Waals surface area contributed by atoms with Gasteiger partial charge in [0.25, 0.3) is 5.56 Å². The Bertz CT molecular complexity index is 1250. The maximum Gasteiger partial charge on any atom is 0.287 e. The number of fused-ring (bicyclic) bond motifs is 1. The Labute approximate surface area is 170 Å². The summed E-state index contributed by atoms with van der Waals surface area (Å²) in [4.78, 5) is 29.2. The summed E-state index contributed by atoms with van der Waals surface area (Å²) in [6.45, 7) is 0. The van der Waals surface area contributed by atoms with Crippen LogP contribution in [0.1, 0.15) is 0 Å². The molecule has 144 valence electrons. The van der Waals surface area contributed by atoms with Crippen LogP contribution in [0.25, 0.3) is 16.5 Å². The number of carbonyl (C=O) groups is 1. The van der Waals surface area contributed by atoms with E-state index in [9.17, 15) is 14.0 Å². The van der Waals surface area contributed by atoms with Crippen LogP contribution in [0.5, 0.6) is 0 Å². The molecular weight excluding hydrogens is 389 g/mol. The zero-order valence-corrected chi connectivity index (χ0v) is 16.0. The standard InChI is InChI=1S/C22H16FN3O2S/c23-17-9-3-4-10-18(17)25-20(27)14-29-21-22(28)26(13-12-24-21)19-11-5-7-15-6-1-2-8-16(15)19/h1-13H,14H2,(H,25,27). The molecule has 1 aromatic heterocycles. The number of para-hydroxylation sites is 1. The first kappa shape index (κ1) is 18.9. The van der Waals surface area contributed by atoms with Gasteiger partial charge in [-0.05, 0) is 23.6 Å². The molecule has 1 heterocycles. The second-order valence-electron chi connectivity index (χ2n) is 6.22. The first-order chi connectivity index (χ1) is 14.1. The Hall–Kier alpha value is -3.45. The quantitative estimate of drug-likeness (QED) is 0.504. The van der Waals surface area contributed by atoms with E-state index in [0.29, 0.717) is 0 Å². The molecule has 1 N–H and O–H groups in total. The molecule has 0 aliphatic carbocycles. The van der Waals surface area contributed by atoms with E-state index in [1.807, 2.05) is 42.5 Å². The van der Waals surface area contributed by atoms with Crippen molar-refractivity contribution in [2.45, 2.75) is 5.03 Å². The molecule has 0 unspecified atom stereocenters. The summed E-state index contributed by atoms with van der Waals surface area (Å²) < 4.78 is 15.2. The smallest absolute Gasteiger partial charge is 0.287 e. The van der Waals surface area contributed by atoms with Crippen molar-refractivity contribution < 1.29 is 9.18 Å². The molecule has 0 radical (unpaired) electrons. The van der Waals surface area contributed by atoms with Crippen LogP contribution < -0.4 is 10.9 Å². The maximum atomic E-state index is 13.7. The van der Waals surface area contributed by atoms with E-state index in [-0.39, 0.29) is 22.0 Å². The normalized spacial score (nSPS) is 10.8. The van der Waals surface area contributed by atoms with Gasteiger partial charge in [-0.3, -0.25) is 14.2 Å². The number of thioether (sulfide) groups is 1. The van der Waals surface area contributed by atoms with Gasteiger partial charge < -0.3 is 5.32 Å². The number of amides is 1. The maximum absolute atomic E-state index is 13.7. The fraction of sp³-hybridized carbons (Fsp3) is 0.0455. The molecule has 0 spiro atoms. The fourth-order valence-corrected chi connectivity index (χ4v) is 3.68. The summed E-state index contributed by atoms with van der Waals surface area (Å²) in [6.07, 6.45) is 3.13. The topological polar surface area (TPSA) is 64.0 Å². The Morgan fingerprint density at radius 2 is 1.79 bits per heavy atom. The summed E-state index contributed by atoms with van der Waals surface area (Å²) >= 11 is 1.02. The molecular formula is C22H16FN3O2S. The summed E-state index contributed by atoms with van der Waals surface area (Å²) in [5.74, 6) is -0.986. The van der Waals surface area contributed by atoms with Gasteiger partial charge in [0.2, 0.25) is 5.91 Å². The molecule has 5 nitrogen and oxygen atoms in total. The molecule has 0 atom stereocenters. The third-order valence-electron chi connectivity index (χ3n) is 4.32. The minimum Gasteiger partial charge on any atom is -0.323 e. The number of carbonyl (C=O) groups excluding carboxylic acids is 1. The van der Waals surface area contributed by atoms with Crippen LogP contribution in [0.2, 0.25) is 0 Å². The molecule has 7 heteroatoms. The molecule has 0 saturated heterocycles. The number of hydrogen-bond acceptors (Lipinski definition) is 4. The lowest BCUT2D eigenvalue weighted by Crippen LogP contribution is -2.22. The highest BCUT2D eigenvalue weighted by atomic mass is 32.2. The Balaban J connectivity index is 1.57. The predicted octanol–water partition coefficient (Wildman–Crippen LogP) is 4.26. The van der Waals surface area contributed by atoms with Crippen LogP contribution in [0, 0.1) is 5.82 Å². The lowest BCUT2D eigenvalue weighted by Gasteiger charge is -2.10. The van der Waals surface area contributed by atoms with Crippen molar-refractivity contribution >= 4 is 34.1 Å². The molecule has 1 amide bonds. The molecule has 29 heavy (non-hydrogen) atoms. The summed E-state index contributed by atoms with van der Waals surface area (Å²) in [6, 6.07) is 19.4. The predicted molar refractivity (Wildman–Crippen MR) is 113 cm³/mol. The highest BCUT2D eigenvalue weighted by molar-refractivity contribution is 7.99. The zero-order chi connectivity index (χ0) is 20.2. The number of nitrogens with zero attached hydrogens (tertiary/aromatic N) is 2. The van der Waals surface area contributed by atoms with E-state index < -0.39 is 11.7 Å². The van der Waals surface area contributed by atoms with Crippen molar-refractivity contribution in [2.24, 2.45) is 0 Å². The molecule has 0 aliphatic rings. The van der Waals surface area contributed by atoms with Crippen molar-refractivity contribution in [3.63, 3.8) is 0 Å². The number of benzene rings is 3. The van der Waals surface area contributed by atoms with Crippen molar-refractivity contribution in [3.05, 3.63) is 95.3 Å². The second-order valence-corrected chi connectivity index (χ2v) is 7.19. The van der Waals surface area contributed by atoms with Crippen LogP contribution in [0.3, 0.4) is 0 Å². The number of aromatic nitrogens is 2. The zero-order valence-electron chi connectivity index (χ0n) is 15.2.